The SMILES string of the molecule is Cc1cccc(CN(c2ccc3sccc3c2)C2CCNCC2)c1.Cc1ccccc1CN(c1ccc2sccc2c1)C1CCNCC1.Clc1ccc(CN(c2ccc3[nH]ccc3c2)C2CCNCC2)cc1Cl.c1ccc(CCN(c2ccc3[nH]ccc3c2)C2CCNCC2)cc1.c1ccc(CCN(c2ccc3[nH]ccc3c2)C2CCNCC2)cc1.c1ccc(CN(c2ccc3[nH]ccc3c2)C2CCNCC2)cc1. The van der Waals surface area contributed by atoms with Gasteiger partial charge in [0.05, 0.1) is 10.0 Å². The molecule has 20 heteroatoms. The molecule has 12 aromatic carbocycles. The van der Waals surface area contributed by atoms with Crippen LogP contribution in [0.1, 0.15) is 122 Å². The quantitative estimate of drug-likeness (QED) is 0.0251. The van der Waals surface area contributed by atoms with Gasteiger partial charge in [0.15, 0.2) is 0 Å². The third kappa shape index (κ3) is 27.1. The van der Waals surface area contributed by atoms with Gasteiger partial charge in [-0.15, -0.1) is 22.7 Å². The fourth-order valence-electron chi connectivity index (χ4n) is 22.0. The second-order valence-electron chi connectivity index (χ2n) is 39.7. The summed E-state index contributed by atoms with van der Waals surface area (Å²) >= 11 is 15.9. The first-order valence-electron chi connectivity index (χ1n) is 52.7. The lowest BCUT2D eigenvalue weighted by Crippen LogP contribution is -2.44. The number of hydrogen-bond acceptors (Lipinski definition) is 14. The van der Waals surface area contributed by atoms with Crippen molar-refractivity contribution in [3.63, 3.8) is 0 Å². The van der Waals surface area contributed by atoms with E-state index in [1.165, 1.54) is 207 Å². The number of rotatable bonds is 26. The van der Waals surface area contributed by atoms with Gasteiger partial charge in [0.2, 0.25) is 0 Å². The van der Waals surface area contributed by atoms with Gasteiger partial charge < -0.3 is 81.2 Å². The van der Waals surface area contributed by atoms with Gasteiger partial charge in [0.25, 0.3) is 0 Å². The predicted octanol–water partition coefficient (Wildman–Crippen LogP) is 27.0. The molecule has 0 unspecified atom stereocenters. The minimum Gasteiger partial charge on any atom is -0.368 e. The Hall–Kier alpha value is -12.1. The van der Waals surface area contributed by atoms with Gasteiger partial charge in [0.1, 0.15) is 0 Å². The molecule has 6 fully saturated rings. The maximum absolute atomic E-state index is 6.23. The Bertz CT molecular complexity index is 6820. The molecule has 0 radical (unpaired) electrons. The molecular weight excluding hydrogens is 1850 g/mol. The lowest BCUT2D eigenvalue weighted by Gasteiger charge is -2.37. The molecule has 6 aromatic heterocycles. The summed E-state index contributed by atoms with van der Waals surface area (Å²) in [6, 6.07) is 114. The van der Waals surface area contributed by atoms with Crippen LogP contribution in [0.25, 0.3) is 63.8 Å². The number of aryl methyl sites for hydroxylation is 2. The van der Waals surface area contributed by atoms with Crippen LogP contribution in [0, 0.1) is 13.8 Å². The van der Waals surface area contributed by atoms with Crippen LogP contribution in [-0.2, 0) is 39.0 Å². The first-order chi connectivity index (χ1) is 71.0. The van der Waals surface area contributed by atoms with Gasteiger partial charge in [0, 0.05) is 187 Å². The molecule has 0 atom stereocenters. The Morgan fingerprint density at radius 3 is 0.917 bits per heavy atom. The fraction of sp³-hybridized carbons (Fsp3) is 0.323. The highest BCUT2D eigenvalue weighted by molar-refractivity contribution is 7.17. The summed E-state index contributed by atoms with van der Waals surface area (Å²) in [5.74, 6) is 0. The first kappa shape index (κ1) is 101. The zero-order valence-electron chi connectivity index (χ0n) is 83.7. The average molecular weight is 1990 g/mol. The van der Waals surface area contributed by atoms with Crippen LogP contribution in [0.15, 0.2) is 339 Å². The maximum atomic E-state index is 6.23. The Kier molecular flexibility index (Phi) is 35.7. The monoisotopic (exact) mass is 1990 g/mol. The zero-order chi connectivity index (χ0) is 97.8. The van der Waals surface area contributed by atoms with E-state index in [0.29, 0.717) is 46.3 Å². The minimum atomic E-state index is 0.520. The Morgan fingerprint density at radius 2 is 0.556 bits per heavy atom. The van der Waals surface area contributed by atoms with Crippen molar-refractivity contribution < 1.29 is 0 Å². The number of piperidine rings is 6. The van der Waals surface area contributed by atoms with Crippen molar-refractivity contribution in [1.29, 1.82) is 0 Å². The average Bonchev–Trinajstić information content (AvgIpc) is 1.02. The Morgan fingerprint density at radius 1 is 0.250 bits per heavy atom. The van der Waals surface area contributed by atoms with Crippen LogP contribution in [0.3, 0.4) is 0 Å². The summed E-state index contributed by atoms with van der Waals surface area (Å²) in [4.78, 5) is 28.7. The molecule has 0 spiro atoms. The van der Waals surface area contributed by atoms with Crippen LogP contribution in [0.2, 0.25) is 10.0 Å². The van der Waals surface area contributed by atoms with E-state index in [1.54, 1.807) is 0 Å². The van der Waals surface area contributed by atoms with Crippen molar-refractivity contribution in [3.05, 3.63) is 393 Å². The molecular formula is C124H142Cl2N16S2. The molecule has 10 N–H and O–H groups in total. The van der Waals surface area contributed by atoms with Crippen molar-refractivity contribution in [2.75, 3.05) is 121 Å². The van der Waals surface area contributed by atoms with E-state index in [-0.39, 0.29) is 0 Å². The standard InChI is InChI=1S/2C21H25N3.2C21H24N2S.C20H21Cl2N3.C20H23N3/c2*1-2-4-17(5-3-1)11-15-24(19-9-12-22-13-10-19)20-6-7-21-18(16-20)8-14-23-21;1-16-3-2-4-17(13-16)15-23(19-7-10-22-11-8-19)20-5-6-21-18(14-20)9-12-24-21;1-16-4-2-3-5-18(16)15-23(19-8-11-22-12-9-19)20-6-7-21-17(14-20)10-13-24-21;21-18-3-1-14(11-19(18)22)13-25(16-6-8-23-9-7-16)17-2-4-20-15(12-17)5-10-24-20;1-2-4-16(5-3-1)15-23(18-9-11-21-12-10-18)19-6-7-20-17(14-19)8-13-22-20/h2*1-8,14,16,19,22-23H,9-13,15H2;2-6,9,12-14,19,22H,7-8,10-11,15H2,1H3;2-7,10,13-14,19,22H,8-9,11-12,15H2,1H3;1-5,10-12,16,23-24H,6-9,13H2;1-8,13-14,18,21-22H,9-12,15H2. The highest BCUT2D eigenvalue weighted by Gasteiger charge is 2.30. The molecule has 0 amide bonds. The van der Waals surface area contributed by atoms with Gasteiger partial charge in [-0.25, -0.2) is 0 Å². The number of halogens is 2. The zero-order valence-corrected chi connectivity index (χ0v) is 86.8. The summed E-state index contributed by atoms with van der Waals surface area (Å²) in [6.07, 6.45) is 24.7. The lowest BCUT2D eigenvalue weighted by atomic mass is 10.0. The number of H-pyrrole nitrogens is 4. The van der Waals surface area contributed by atoms with E-state index in [0.717, 1.165) is 143 Å². The van der Waals surface area contributed by atoms with Crippen molar-refractivity contribution in [2.24, 2.45) is 0 Å². The van der Waals surface area contributed by atoms with Crippen LogP contribution < -0.4 is 61.3 Å². The molecule has 0 aliphatic carbocycles. The fourth-order valence-corrected chi connectivity index (χ4v) is 23.9. The van der Waals surface area contributed by atoms with Crippen molar-refractivity contribution in [1.82, 2.24) is 51.8 Å². The number of aromatic nitrogens is 4. The number of hydrogen-bond donors (Lipinski definition) is 10. The molecule has 24 rings (SSSR count). The Labute approximate surface area is 869 Å². The molecule has 12 heterocycles. The summed E-state index contributed by atoms with van der Waals surface area (Å²) in [5.41, 5.74) is 23.7. The lowest BCUT2D eigenvalue weighted by molar-refractivity contribution is 0.428. The smallest absolute Gasteiger partial charge is 0.0595 e. The maximum Gasteiger partial charge on any atom is 0.0595 e. The van der Waals surface area contributed by atoms with E-state index >= 15 is 0 Å². The normalized spacial score (nSPS) is 15.7. The van der Waals surface area contributed by atoms with E-state index in [9.17, 15) is 0 Å². The second-order valence-corrected chi connectivity index (χ2v) is 42.4. The predicted molar refractivity (Wildman–Crippen MR) is 617 cm³/mol. The summed E-state index contributed by atoms with van der Waals surface area (Å²) < 4.78 is 2.75. The third-order valence-corrected chi connectivity index (χ3v) is 32.6. The number of benzene rings is 12. The van der Waals surface area contributed by atoms with E-state index in [1.807, 2.05) is 59.6 Å². The number of nitrogens with one attached hydrogen (secondary N) is 10. The van der Waals surface area contributed by atoms with Gasteiger partial charge >= 0.3 is 0 Å². The van der Waals surface area contributed by atoms with Crippen molar-refractivity contribution in [2.45, 2.75) is 166 Å². The topological polar surface area (TPSA) is 155 Å². The van der Waals surface area contributed by atoms with E-state index in [2.05, 4.69) is 397 Å². The van der Waals surface area contributed by atoms with Crippen LogP contribution >= 0.6 is 45.9 Å². The molecule has 18 aromatic rings. The van der Waals surface area contributed by atoms with Crippen molar-refractivity contribution in [3.8, 4) is 0 Å². The number of thiophene rings is 2. The summed E-state index contributed by atoms with van der Waals surface area (Å²) in [7, 11) is 0. The molecule has 6 aliphatic rings. The molecule has 744 valence electrons. The van der Waals surface area contributed by atoms with E-state index < -0.39 is 0 Å². The van der Waals surface area contributed by atoms with Gasteiger partial charge in [-0.2, -0.15) is 0 Å². The molecule has 144 heavy (non-hydrogen) atoms. The molecule has 6 saturated heterocycles. The number of fused-ring (bicyclic) bond motifs is 6. The van der Waals surface area contributed by atoms with Gasteiger partial charge in [-0.3, -0.25) is 0 Å². The third-order valence-electron chi connectivity index (χ3n) is 30.0. The van der Waals surface area contributed by atoms with E-state index in [4.69, 9.17) is 23.2 Å². The highest BCUT2D eigenvalue weighted by Crippen LogP contribution is 2.38. The molecule has 6 aliphatic heterocycles. The number of nitrogens with zero attached hydrogens (tertiary/aromatic N) is 6. The number of anilines is 6. The van der Waals surface area contributed by atoms with Crippen LogP contribution in [0.5, 0.6) is 0 Å². The van der Waals surface area contributed by atoms with Crippen LogP contribution in [0.4, 0.5) is 34.1 Å². The van der Waals surface area contributed by atoms with Crippen molar-refractivity contribution >= 4 is 144 Å². The van der Waals surface area contributed by atoms with Gasteiger partial charge in [-0.1, -0.05) is 174 Å². The Balaban J connectivity index is 0.000000109. The number of aromatic amines is 4. The molecule has 16 nitrogen and oxygen atoms in total. The first-order valence-corrected chi connectivity index (χ1v) is 55.3. The van der Waals surface area contributed by atoms with Crippen LogP contribution in [-0.4, -0.2) is 148 Å². The minimum absolute atomic E-state index is 0.520. The highest BCUT2D eigenvalue weighted by atomic mass is 35.5. The summed E-state index contributed by atoms with van der Waals surface area (Å²) in [5, 5.41) is 34.3. The largest absolute Gasteiger partial charge is 0.368 e. The van der Waals surface area contributed by atoms with Gasteiger partial charge in [-0.05, 0) is 400 Å². The molecule has 0 bridgehead atoms. The second kappa shape index (κ2) is 51.1. The summed E-state index contributed by atoms with van der Waals surface area (Å²) in [6.45, 7) is 23.7. The molecule has 0 saturated carbocycles.